The molecule has 2 aliphatic rings. The highest BCUT2D eigenvalue weighted by Crippen LogP contribution is 2.46. The summed E-state index contributed by atoms with van der Waals surface area (Å²) in [5, 5.41) is 31.9. The highest BCUT2D eigenvalue weighted by atomic mass is 35.5. The van der Waals surface area contributed by atoms with E-state index < -0.39 is 23.9 Å². The first-order chi connectivity index (χ1) is 19.4. The van der Waals surface area contributed by atoms with Gasteiger partial charge in [-0.3, -0.25) is 4.90 Å². The molecule has 0 saturated carbocycles. The van der Waals surface area contributed by atoms with Crippen LogP contribution >= 0.6 is 23.4 Å². The van der Waals surface area contributed by atoms with Gasteiger partial charge in [-0.05, 0) is 42.8 Å². The first kappa shape index (κ1) is 33.4. The third kappa shape index (κ3) is 11.3. The molecule has 0 radical (unpaired) electrons. The summed E-state index contributed by atoms with van der Waals surface area (Å²) in [6.07, 6.45) is 3.26. The summed E-state index contributed by atoms with van der Waals surface area (Å²) in [4.78, 5) is 45.8. The number of carbonyl (C=O) groups is 4. The van der Waals surface area contributed by atoms with E-state index in [1.807, 2.05) is 11.8 Å². The smallest absolute Gasteiger partial charge is 0.328 e. The fraction of sp³-hybridized carbons (Fsp3) is 0.286. The lowest BCUT2D eigenvalue weighted by molar-refractivity contribution is -0.134. The number of aliphatic carboxylic acids is 4. The van der Waals surface area contributed by atoms with E-state index in [0.29, 0.717) is 35.4 Å². The second-order valence-electron chi connectivity index (χ2n) is 8.81. The molecule has 4 rings (SSSR count). The molecule has 41 heavy (non-hydrogen) atoms. The van der Waals surface area contributed by atoms with Crippen molar-refractivity contribution < 1.29 is 44.3 Å². The number of fused-ring (bicyclic) bond motifs is 2. The van der Waals surface area contributed by atoms with Gasteiger partial charge in [-0.1, -0.05) is 41.6 Å². The molecule has 11 nitrogen and oxygen atoms in total. The van der Waals surface area contributed by atoms with Gasteiger partial charge in [-0.25, -0.2) is 19.2 Å². The van der Waals surface area contributed by atoms with Gasteiger partial charge in [-0.15, -0.1) is 0 Å². The van der Waals surface area contributed by atoms with Crippen LogP contribution in [0.2, 0.25) is 5.02 Å². The number of rotatable bonds is 6. The van der Waals surface area contributed by atoms with E-state index in [-0.39, 0.29) is 0 Å². The molecule has 2 heterocycles. The monoisotopic (exact) mass is 606 g/mol. The van der Waals surface area contributed by atoms with E-state index in [2.05, 4.69) is 53.2 Å². The van der Waals surface area contributed by atoms with Gasteiger partial charge < -0.3 is 30.1 Å². The second kappa shape index (κ2) is 16.4. The predicted octanol–water partition coefficient (Wildman–Crippen LogP) is 3.77. The molecule has 0 aliphatic carbocycles. The maximum absolute atomic E-state index is 9.55. The number of nitrogens with zero attached hydrogens (tertiary/aromatic N) is 2. The lowest BCUT2D eigenvalue weighted by Crippen LogP contribution is -2.46. The molecule has 1 atom stereocenters. The third-order valence-corrected chi connectivity index (χ3v) is 7.45. The van der Waals surface area contributed by atoms with Crippen LogP contribution in [-0.2, 0) is 25.6 Å². The number of likely N-dealkylation sites (N-methyl/N-ethyl adjacent to an activating group) is 1. The van der Waals surface area contributed by atoms with Crippen molar-refractivity contribution in [3.05, 3.63) is 76.9 Å². The van der Waals surface area contributed by atoms with E-state index in [9.17, 15) is 19.2 Å². The quantitative estimate of drug-likeness (QED) is 0.352. The van der Waals surface area contributed by atoms with Crippen LogP contribution in [0, 0.1) is 0 Å². The van der Waals surface area contributed by atoms with Crippen LogP contribution in [0.25, 0.3) is 0 Å². The first-order valence-corrected chi connectivity index (χ1v) is 13.4. The van der Waals surface area contributed by atoms with Gasteiger partial charge in [0.1, 0.15) is 5.75 Å². The van der Waals surface area contributed by atoms with Crippen molar-refractivity contribution in [2.75, 3.05) is 40.3 Å². The fourth-order valence-electron chi connectivity index (χ4n) is 4.01. The Morgan fingerprint density at radius 3 is 1.85 bits per heavy atom. The van der Waals surface area contributed by atoms with Crippen LogP contribution in [0.1, 0.15) is 17.2 Å². The molecule has 2 aliphatic heterocycles. The van der Waals surface area contributed by atoms with Crippen LogP contribution < -0.4 is 4.74 Å². The highest BCUT2D eigenvalue weighted by molar-refractivity contribution is 7.99. The minimum Gasteiger partial charge on any atom is -0.495 e. The molecular formula is C28H31ClN2O9S. The Balaban J connectivity index is 0.000000304. The van der Waals surface area contributed by atoms with E-state index in [0.717, 1.165) is 38.3 Å². The van der Waals surface area contributed by atoms with E-state index >= 15 is 0 Å². The van der Waals surface area contributed by atoms with Crippen molar-refractivity contribution in [2.45, 2.75) is 22.3 Å². The maximum Gasteiger partial charge on any atom is 0.328 e. The summed E-state index contributed by atoms with van der Waals surface area (Å²) in [6, 6.07) is 13.3. The van der Waals surface area contributed by atoms with Crippen LogP contribution in [-0.4, -0.2) is 94.4 Å². The molecular weight excluding hydrogens is 576 g/mol. The summed E-state index contributed by atoms with van der Waals surface area (Å²) >= 11 is 8.33. The summed E-state index contributed by atoms with van der Waals surface area (Å²) < 4.78 is 5.47. The van der Waals surface area contributed by atoms with Crippen molar-refractivity contribution in [1.82, 2.24) is 9.80 Å². The van der Waals surface area contributed by atoms with Gasteiger partial charge in [0.05, 0.1) is 12.1 Å². The summed E-state index contributed by atoms with van der Waals surface area (Å²) in [5.74, 6) is -4.27. The van der Waals surface area contributed by atoms with Crippen molar-refractivity contribution in [1.29, 1.82) is 0 Å². The molecule has 13 heteroatoms. The molecule has 1 unspecified atom stereocenters. The lowest BCUT2D eigenvalue weighted by atomic mass is 9.96. The molecule has 2 aromatic rings. The minimum absolute atomic E-state index is 0.364. The van der Waals surface area contributed by atoms with Crippen molar-refractivity contribution >= 4 is 47.2 Å². The molecule has 4 N–H and O–H groups in total. The number of methoxy groups -OCH3 is 1. The number of carboxylic acids is 4. The Hall–Kier alpha value is -3.84. The maximum atomic E-state index is 9.55. The van der Waals surface area contributed by atoms with Crippen LogP contribution in [0.3, 0.4) is 0 Å². The zero-order valence-electron chi connectivity index (χ0n) is 22.4. The van der Waals surface area contributed by atoms with Gasteiger partial charge in [0.2, 0.25) is 0 Å². The standard InChI is InChI=1S/C20H23ClN2OS.2C4H4O4/c1-22-7-9-23(10-8-22)17-11-14-5-3-4-6-19(14)25-20-13-18(24-2)16(21)12-15(17)20;2*5-3(6)1-2-4(7)8/h3-6,12-13,17H,7-11H2,1-2H3;2*1-2H,(H,5,6)(H,7,8)/b;2*2-1-. The first-order valence-electron chi connectivity index (χ1n) is 12.2. The van der Waals surface area contributed by atoms with Gasteiger partial charge in [0.15, 0.2) is 0 Å². The highest BCUT2D eigenvalue weighted by Gasteiger charge is 2.30. The van der Waals surface area contributed by atoms with Gasteiger partial charge in [0.25, 0.3) is 0 Å². The number of piperazine rings is 1. The van der Waals surface area contributed by atoms with Crippen molar-refractivity contribution in [2.24, 2.45) is 0 Å². The number of carboxylic acid groups (broad SMARTS) is 4. The number of ether oxygens (including phenoxy) is 1. The van der Waals surface area contributed by atoms with Gasteiger partial charge in [-0.2, -0.15) is 0 Å². The Morgan fingerprint density at radius 1 is 0.854 bits per heavy atom. The fourth-order valence-corrected chi connectivity index (χ4v) is 5.40. The van der Waals surface area contributed by atoms with Gasteiger partial charge >= 0.3 is 23.9 Å². The SMILES string of the molecule is COc1cc2c(cc1Cl)C(N1CCN(C)CC1)Cc1ccccc1S2.O=C(O)/C=C\C(=O)O.O=C(O)/C=C\C(=O)O. The van der Waals surface area contributed by atoms with Gasteiger partial charge in [0, 0.05) is 66.3 Å². The normalized spacial score (nSPS) is 16.7. The Labute approximate surface area is 246 Å². The number of hydrogen-bond acceptors (Lipinski definition) is 8. The largest absolute Gasteiger partial charge is 0.495 e. The van der Waals surface area contributed by atoms with E-state index in [4.69, 9.17) is 36.8 Å². The molecule has 220 valence electrons. The minimum atomic E-state index is -1.26. The third-order valence-electron chi connectivity index (χ3n) is 5.96. The average molecular weight is 607 g/mol. The zero-order chi connectivity index (χ0) is 30.5. The molecule has 1 saturated heterocycles. The Morgan fingerprint density at radius 2 is 1.37 bits per heavy atom. The molecule has 2 aromatic carbocycles. The number of hydrogen-bond donors (Lipinski definition) is 4. The average Bonchev–Trinajstić information content (AvgIpc) is 3.08. The summed E-state index contributed by atoms with van der Waals surface area (Å²) in [7, 11) is 3.88. The van der Waals surface area contributed by atoms with Crippen LogP contribution in [0.15, 0.2) is 70.5 Å². The summed E-state index contributed by atoms with van der Waals surface area (Å²) in [5.41, 5.74) is 2.75. The second-order valence-corrected chi connectivity index (χ2v) is 10.3. The molecule has 1 fully saturated rings. The lowest BCUT2D eigenvalue weighted by Gasteiger charge is -2.38. The van der Waals surface area contributed by atoms with Crippen molar-refractivity contribution in [3.8, 4) is 5.75 Å². The predicted molar refractivity (Wildman–Crippen MR) is 153 cm³/mol. The molecule has 0 spiro atoms. The van der Waals surface area contributed by atoms with Crippen molar-refractivity contribution in [3.63, 3.8) is 0 Å². The Kier molecular flexibility index (Phi) is 13.4. The number of halogens is 1. The molecule has 0 amide bonds. The number of benzene rings is 2. The Bertz CT molecular complexity index is 1240. The van der Waals surface area contributed by atoms with E-state index in [1.165, 1.54) is 20.9 Å². The molecule has 0 aromatic heterocycles. The van der Waals surface area contributed by atoms with Crippen LogP contribution in [0.4, 0.5) is 0 Å². The van der Waals surface area contributed by atoms with E-state index in [1.54, 1.807) is 7.11 Å². The van der Waals surface area contributed by atoms with Crippen LogP contribution in [0.5, 0.6) is 5.75 Å². The molecule has 0 bridgehead atoms. The zero-order valence-corrected chi connectivity index (χ0v) is 24.0. The summed E-state index contributed by atoms with van der Waals surface area (Å²) in [6.45, 7) is 4.42. The topological polar surface area (TPSA) is 165 Å².